The Morgan fingerprint density at radius 2 is 2.20 bits per heavy atom. The molecular weight excluding hydrogens is 274 g/mol. The average molecular weight is 291 g/mol. The van der Waals surface area contributed by atoms with Crippen LogP contribution in [0.25, 0.3) is 0 Å². The van der Waals surface area contributed by atoms with Crippen LogP contribution in [0.2, 0.25) is 0 Å². The molecule has 20 heavy (non-hydrogen) atoms. The van der Waals surface area contributed by atoms with Crippen LogP contribution in [0.5, 0.6) is 5.75 Å². The molecule has 1 aromatic carbocycles. The number of rotatable bonds is 5. The lowest BCUT2D eigenvalue weighted by atomic mass is 10.2. The van der Waals surface area contributed by atoms with Crippen LogP contribution in [0.4, 0.5) is 0 Å². The number of thiazole rings is 1. The first-order chi connectivity index (χ1) is 9.85. The van der Waals surface area contributed by atoms with E-state index in [-0.39, 0.29) is 12.7 Å². The maximum Gasteiger partial charge on any atom is 0.131 e. The largest absolute Gasteiger partial charge is 0.487 e. The van der Waals surface area contributed by atoms with Gasteiger partial charge in [0.25, 0.3) is 0 Å². The van der Waals surface area contributed by atoms with Crippen LogP contribution in [0.3, 0.4) is 0 Å². The second kappa shape index (κ2) is 6.35. The standard InChI is InChI=1S/C15H17NO3S/c17-8-11-3-5-13(6-4-11)19-9-12-10-20-15(16-12)14-2-1-7-18-14/h3-6,10,14,17H,1-2,7-9H2. The molecule has 1 aliphatic rings. The fraction of sp³-hybridized carbons (Fsp3) is 0.400. The van der Waals surface area contributed by atoms with E-state index in [4.69, 9.17) is 14.6 Å². The second-order valence-corrected chi connectivity index (χ2v) is 5.66. The Hall–Kier alpha value is -1.43. The summed E-state index contributed by atoms with van der Waals surface area (Å²) in [5, 5.41) is 12.1. The smallest absolute Gasteiger partial charge is 0.131 e. The molecule has 1 unspecified atom stereocenters. The zero-order valence-electron chi connectivity index (χ0n) is 11.1. The molecule has 0 saturated carbocycles. The van der Waals surface area contributed by atoms with E-state index in [0.29, 0.717) is 6.61 Å². The molecule has 0 radical (unpaired) electrons. The summed E-state index contributed by atoms with van der Waals surface area (Å²) in [5.74, 6) is 0.786. The lowest BCUT2D eigenvalue weighted by molar-refractivity contribution is 0.111. The molecule has 1 saturated heterocycles. The minimum absolute atomic E-state index is 0.0527. The molecule has 1 N–H and O–H groups in total. The van der Waals surface area contributed by atoms with Gasteiger partial charge in [-0.1, -0.05) is 12.1 Å². The highest BCUT2D eigenvalue weighted by molar-refractivity contribution is 7.09. The molecule has 4 nitrogen and oxygen atoms in total. The van der Waals surface area contributed by atoms with Crippen molar-refractivity contribution in [1.29, 1.82) is 0 Å². The van der Waals surface area contributed by atoms with Crippen molar-refractivity contribution in [2.45, 2.75) is 32.2 Å². The number of aliphatic hydroxyl groups is 1. The summed E-state index contributed by atoms with van der Waals surface area (Å²) < 4.78 is 11.3. The lowest BCUT2D eigenvalue weighted by Gasteiger charge is -2.05. The third-order valence-electron chi connectivity index (χ3n) is 3.27. The highest BCUT2D eigenvalue weighted by atomic mass is 32.1. The maximum atomic E-state index is 8.98. The molecule has 106 valence electrons. The van der Waals surface area contributed by atoms with E-state index in [9.17, 15) is 0 Å². The van der Waals surface area contributed by atoms with Gasteiger partial charge in [0.2, 0.25) is 0 Å². The normalized spacial score (nSPS) is 18.4. The molecule has 2 heterocycles. The number of hydrogen-bond donors (Lipinski definition) is 1. The Kier molecular flexibility index (Phi) is 4.30. The van der Waals surface area contributed by atoms with Crippen molar-refractivity contribution >= 4 is 11.3 Å². The topological polar surface area (TPSA) is 51.6 Å². The highest BCUT2D eigenvalue weighted by Crippen LogP contribution is 2.30. The Balaban J connectivity index is 1.57. The molecule has 1 aromatic heterocycles. The van der Waals surface area contributed by atoms with Gasteiger partial charge < -0.3 is 14.6 Å². The minimum Gasteiger partial charge on any atom is -0.487 e. The van der Waals surface area contributed by atoms with Crippen LogP contribution in [-0.4, -0.2) is 16.7 Å². The van der Waals surface area contributed by atoms with E-state index >= 15 is 0 Å². The van der Waals surface area contributed by atoms with Crippen molar-refractivity contribution < 1.29 is 14.6 Å². The van der Waals surface area contributed by atoms with Crippen molar-refractivity contribution in [2.75, 3.05) is 6.61 Å². The van der Waals surface area contributed by atoms with Gasteiger partial charge in [-0.2, -0.15) is 0 Å². The predicted octanol–water partition coefficient (Wildman–Crippen LogP) is 3.07. The van der Waals surface area contributed by atoms with Crippen molar-refractivity contribution in [3.8, 4) is 5.75 Å². The van der Waals surface area contributed by atoms with Crippen LogP contribution in [0.15, 0.2) is 29.6 Å². The first kappa shape index (κ1) is 13.5. The molecule has 1 fully saturated rings. The molecule has 3 rings (SSSR count). The van der Waals surface area contributed by atoms with Crippen LogP contribution in [0, 0.1) is 0 Å². The maximum absolute atomic E-state index is 8.98. The van der Waals surface area contributed by atoms with Gasteiger partial charge in [-0.05, 0) is 30.5 Å². The molecule has 0 amide bonds. The van der Waals surface area contributed by atoms with Gasteiger partial charge >= 0.3 is 0 Å². The summed E-state index contributed by atoms with van der Waals surface area (Å²) in [6.45, 7) is 1.35. The molecule has 2 aromatic rings. The Morgan fingerprint density at radius 1 is 1.35 bits per heavy atom. The van der Waals surface area contributed by atoms with Gasteiger partial charge in [-0.15, -0.1) is 11.3 Å². The fourth-order valence-corrected chi connectivity index (χ4v) is 3.04. The van der Waals surface area contributed by atoms with Crippen LogP contribution >= 0.6 is 11.3 Å². The zero-order valence-corrected chi connectivity index (χ0v) is 11.9. The van der Waals surface area contributed by atoms with Crippen molar-refractivity contribution in [3.63, 3.8) is 0 Å². The number of aromatic nitrogens is 1. The Morgan fingerprint density at radius 3 is 2.90 bits per heavy atom. The summed E-state index contributed by atoms with van der Waals surface area (Å²) in [6.07, 6.45) is 2.36. The first-order valence-corrected chi connectivity index (χ1v) is 7.61. The van der Waals surface area contributed by atoms with E-state index in [1.807, 2.05) is 29.6 Å². The van der Waals surface area contributed by atoms with Gasteiger partial charge in [0, 0.05) is 12.0 Å². The molecule has 1 atom stereocenters. The third kappa shape index (κ3) is 3.17. The van der Waals surface area contributed by atoms with Crippen LogP contribution in [0.1, 0.15) is 35.2 Å². The van der Waals surface area contributed by atoms with Crippen molar-refractivity contribution in [2.24, 2.45) is 0 Å². The number of nitrogens with zero attached hydrogens (tertiary/aromatic N) is 1. The number of aliphatic hydroxyl groups excluding tert-OH is 1. The molecule has 0 spiro atoms. The van der Waals surface area contributed by atoms with Gasteiger partial charge in [-0.25, -0.2) is 4.98 Å². The number of hydrogen-bond acceptors (Lipinski definition) is 5. The van der Waals surface area contributed by atoms with Gasteiger partial charge in [0.1, 0.15) is 23.5 Å². The van der Waals surface area contributed by atoms with Gasteiger partial charge in [0.15, 0.2) is 0 Å². The number of ether oxygens (including phenoxy) is 2. The first-order valence-electron chi connectivity index (χ1n) is 6.73. The van der Waals surface area contributed by atoms with Crippen LogP contribution < -0.4 is 4.74 Å². The summed E-state index contributed by atoms with van der Waals surface area (Å²) in [6, 6.07) is 7.43. The SMILES string of the molecule is OCc1ccc(OCc2csc(C3CCCO3)n2)cc1. The van der Waals surface area contributed by atoms with E-state index in [1.165, 1.54) is 0 Å². The molecule has 1 aliphatic heterocycles. The van der Waals surface area contributed by atoms with E-state index in [1.54, 1.807) is 11.3 Å². The molecule has 0 bridgehead atoms. The Bertz CT molecular complexity index is 547. The minimum atomic E-state index is 0.0527. The summed E-state index contributed by atoms with van der Waals surface area (Å²) in [5.41, 5.74) is 1.82. The third-order valence-corrected chi connectivity index (χ3v) is 4.25. The quantitative estimate of drug-likeness (QED) is 0.920. The van der Waals surface area contributed by atoms with E-state index < -0.39 is 0 Å². The fourth-order valence-electron chi connectivity index (χ4n) is 2.16. The second-order valence-electron chi connectivity index (χ2n) is 4.77. The van der Waals surface area contributed by atoms with E-state index in [2.05, 4.69) is 4.98 Å². The Labute approximate surface area is 122 Å². The predicted molar refractivity (Wildman–Crippen MR) is 76.7 cm³/mol. The van der Waals surface area contributed by atoms with Gasteiger partial charge in [0.05, 0.1) is 12.3 Å². The van der Waals surface area contributed by atoms with Crippen LogP contribution in [-0.2, 0) is 18.0 Å². The lowest BCUT2D eigenvalue weighted by Crippen LogP contribution is -1.99. The highest BCUT2D eigenvalue weighted by Gasteiger charge is 2.20. The summed E-state index contributed by atoms with van der Waals surface area (Å²) in [4.78, 5) is 4.57. The van der Waals surface area contributed by atoms with E-state index in [0.717, 1.165) is 41.5 Å². The van der Waals surface area contributed by atoms with Crippen molar-refractivity contribution in [3.05, 3.63) is 45.9 Å². The van der Waals surface area contributed by atoms with Crippen molar-refractivity contribution in [1.82, 2.24) is 4.98 Å². The summed E-state index contributed by atoms with van der Waals surface area (Å²) >= 11 is 1.64. The molecule has 0 aliphatic carbocycles. The number of benzene rings is 1. The molecule has 5 heteroatoms. The zero-order chi connectivity index (χ0) is 13.8. The summed E-state index contributed by atoms with van der Waals surface area (Å²) in [7, 11) is 0. The molecular formula is C15H17NO3S. The average Bonchev–Trinajstić information content (AvgIpc) is 3.16. The van der Waals surface area contributed by atoms with Gasteiger partial charge in [-0.3, -0.25) is 0 Å². The monoisotopic (exact) mass is 291 g/mol.